The summed E-state index contributed by atoms with van der Waals surface area (Å²) in [4.78, 5) is 13.5. The summed E-state index contributed by atoms with van der Waals surface area (Å²) in [5, 5.41) is 0. The summed E-state index contributed by atoms with van der Waals surface area (Å²) < 4.78 is 0. The minimum Gasteiger partial charge on any atom is -0.354 e. The van der Waals surface area contributed by atoms with E-state index in [9.17, 15) is 0 Å². The molecule has 4 nitrogen and oxygen atoms in total. The van der Waals surface area contributed by atoms with E-state index in [0.717, 1.165) is 24.9 Å². The molecule has 1 saturated carbocycles. The normalized spacial score (nSPS) is 23.1. The Bertz CT molecular complexity index is 336. The highest BCUT2D eigenvalue weighted by atomic mass is 15.3. The Kier molecular flexibility index (Phi) is 2.74. The van der Waals surface area contributed by atoms with Crippen LogP contribution in [0.1, 0.15) is 19.3 Å². The van der Waals surface area contributed by atoms with Gasteiger partial charge in [0, 0.05) is 44.6 Å². The van der Waals surface area contributed by atoms with Crippen LogP contribution in [0.2, 0.25) is 0 Å². The molecule has 0 radical (unpaired) electrons. The quantitative estimate of drug-likeness (QED) is 0.745. The summed E-state index contributed by atoms with van der Waals surface area (Å²) in [6.07, 6.45) is 9.44. The summed E-state index contributed by atoms with van der Waals surface area (Å²) in [5.74, 6) is 1.03. The molecule has 0 atom stereocenters. The maximum Gasteiger partial charge on any atom is 0.147 e. The van der Waals surface area contributed by atoms with Crippen LogP contribution in [0.25, 0.3) is 0 Å². The number of rotatable bonds is 2. The molecular weight excluding hydrogens is 200 g/mol. The molecule has 1 aliphatic carbocycles. The summed E-state index contributed by atoms with van der Waals surface area (Å²) in [6.45, 7) is 4.64. The van der Waals surface area contributed by atoms with Gasteiger partial charge in [0.1, 0.15) is 5.82 Å². The van der Waals surface area contributed by atoms with Gasteiger partial charge in [-0.15, -0.1) is 0 Å². The minimum atomic E-state index is 0.891. The number of hydrogen-bond acceptors (Lipinski definition) is 4. The summed E-state index contributed by atoms with van der Waals surface area (Å²) in [6, 6.07) is 0.891. The average Bonchev–Trinajstić information content (AvgIpc) is 3.16. The molecule has 1 aromatic heterocycles. The number of hydrogen-bond donors (Lipinski definition) is 0. The molecule has 3 rings (SSSR count). The summed E-state index contributed by atoms with van der Waals surface area (Å²) in [5.41, 5.74) is 0. The molecule has 0 N–H and O–H groups in total. The molecule has 0 amide bonds. The van der Waals surface area contributed by atoms with Gasteiger partial charge in [0.25, 0.3) is 0 Å². The van der Waals surface area contributed by atoms with E-state index in [1.54, 1.807) is 12.4 Å². The molecular formula is C12H18N4. The average molecular weight is 218 g/mol. The van der Waals surface area contributed by atoms with Gasteiger partial charge in [0.15, 0.2) is 0 Å². The van der Waals surface area contributed by atoms with Crippen LogP contribution in [0, 0.1) is 0 Å². The molecule has 16 heavy (non-hydrogen) atoms. The highest BCUT2D eigenvalue weighted by Crippen LogP contribution is 2.27. The Labute approximate surface area is 96.3 Å². The molecule has 4 heteroatoms. The van der Waals surface area contributed by atoms with Crippen molar-refractivity contribution in [2.24, 2.45) is 0 Å². The number of anilines is 1. The Balaban J connectivity index is 1.65. The SMILES string of the molecule is c1cnc(N2CCCN(C3CC3)CC2)cn1. The zero-order valence-corrected chi connectivity index (χ0v) is 9.55. The molecule has 0 spiro atoms. The third-order valence-corrected chi connectivity index (χ3v) is 3.47. The fourth-order valence-corrected chi connectivity index (χ4v) is 2.43. The van der Waals surface area contributed by atoms with E-state index in [4.69, 9.17) is 0 Å². The van der Waals surface area contributed by atoms with Crippen LogP contribution in [-0.4, -0.2) is 47.1 Å². The van der Waals surface area contributed by atoms with Crippen LogP contribution in [0.15, 0.2) is 18.6 Å². The van der Waals surface area contributed by atoms with Crippen LogP contribution < -0.4 is 4.90 Å². The van der Waals surface area contributed by atoms with E-state index >= 15 is 0 Å². The first-order valence-corrected chi connectivity index (χ1v) is 6.18. The monoisotopic (exact) mass is 218 g/mol. The van der Waals surface area contributed by atoms with Crippen molar-refractivity contribution in [3.8, 4) is 0 Å². The second-order valence-corrected chi connectivity index (χ2v) is 4.67. The van der Waals surface area contributed by atoms with Crippen LogP contribution in [0.5, 0.6) is 0 Å². The van der Waals surface area contributed by atoms with E-state index in [1.807, 2.05) is 6.20 Å². The second kappa shape index (κ2) is 4.37. The van der Waals surface area contributed by atoms with Gasteiger partial charge in [-0.05, 0) is 19.3 Å². The Morgan fingerprint density at radius 1 is 1.06 bits per heavy atom. The van der Waals surface area contributed by atoms with Crippen LogP contribution in [0.4, 0.5) is 5.82 Å². The van der Waals surface area contributed by atoms with Gasteiger partial charge in [-0.25, -0.2) is 4.98 Å². The Hall–Kier alpha value is -1.16. The first kappa shape index (κ1) is 10.0. The first-order chi connectivity index (χ1) is 7.93. The van der Waals surface area contributed by atoms with Crippen molar-refractivity contribution in [1.82, 2.24) is 14.9 Å². The lowest BCUT2D eigenvalue weighted by molar-refractivity contribution is 0.283. The lowest BCUT2D eigenvalue weighted by Gasteiger charge is -2.22. The molecule has 1 aromatic rings. The lowest BCUT2D eigenvalue weighted by Crippen LogP contribution is -2.32. The fraction of sp³-hybridized carbons (Fsp3) is 0.667. The van der Waals surface area contributed by atoms with Gasteiger partial charge < -0.3 is 4.90 Å². The Morgan fingerprint density at radius 2 is 2.00 bits per heavy atom. The van der Waals surface area contributed by atoms with E-state index < -0.39 is 0 Å². The molecule has 2 aliphatic rings. The minimum absolute atomic E-state index is 0.891. The predicted octanol–water partition coefficient (Wildman–Crippen LogP) is 1.15. The summed E-state index contributed by atoms with van der Waals surface area (Å²) in [7, 11) is 0. The maximum absolute atomic E-state index is 4.37. The van der Waals surface area contributed by atoms with E-state index in [1.165, 1.54) is 32.4 Å². The predicted molar refractivity (Wildman–Crippen MR) is 63.5 cm³/mol. The van der Waals surface area contributed by atoms with E-state index in [0.29, 0.717) is 0 Å². The van der Waals surface area contributed by atoms with Gasteiger partial charge in [-0.2, -0.15) is 0 Å². The molecule has 0 unspecified atom stereocenters. The van der Waals surface area contributed by atoms with Gasteiger partial charge >= 0.3 is 0 Å². The topological polar surface area (TPSA) is 32.3 Å². The largest absolute Gasteiger partial charge is 0.354 e. The fourth-order valence-electron chi connectivity index (χ4n) is 2.43. The lowest BCUT2D eigenvalue weighted by atomic mass is 10.4. The van der Waals surface area contributed by atoms with E-state index in [-0.39, 0.29) is 0 Å². The van der Waals surface area contributed by atoms with Gasteiger partial charge in [-0.3, -0.25) is 9.88 Å². The second-order valence-electron chi connectivity index (χ2n) is 4.67. The number of aromatic nitrogens is 2. The van der Waals surface area contributed by atoms with Crippen LogP contribution in [0.3, 0.4) is 0 Å². The number of nitrogens with zero attached hydrogens (tertiary/aromatic N) is 4. The molecule has 0 bridgehead atoms. The van der Waals surface area contributed by atoms with Crippen molar-refractivity contribution in [3.63, 3.8) is 0 Å². The standard InChI is InChI=1S/C12H18N4/c1-6-15(11-2-3-11)8-9-16(7-1)12-10-13-4-5-14-12/h4-5,10-11H,1-3,6-9H2. The molecule has 1 saturated heterocycles. The first-order valence-electron chi connectivity index (χ1n) is 6.18. The third kappa shape index (κ3) is 2.16. The maximum atomic E-state index is 4.37. The molecule has 1 aliphatic heterocycles. The summed E-state index contributed by atoms with van der Waals surface area (Å²) >= 11 is 0. The smallest absolute Gasteiger partial charge is 0.147 e. The van der Waals surface area contributed by atoms with Crippen molar-refractivity contribution < 1.29 is 0 Å². The Morgan fingerprint density at radius 3 is 2.75 bits per heavy atom. The van der Waals surface area contributed by atoms with Crippen LogP contribution >= 0.6 is 0 Å². The van der Waals surface area contributed by atoms with Crippen LogP contribution in [-0.2, 0) is 0 Å². The molecule has 0 aromatic carbocycles. The highest BCUT2D eigenvalue weighted by Gasteiger charge is 2.30. The molecule has 2 fully saturated rings. The van der Waals surface area contributed by atoms with Crippen molar-refractivity contribution in [2.75, 3.05) is 31.1 Å². The van der Waals surface area contributed by atoms with Gasteiger partial charge in [0.2, 0.25) is 0 Å². The molecule has 86 valence electrons. The third-order valence-electron chi connectivity index (χ3n) is 3.47. The zero-order valence-electron chi connectivity index (χ0n) is 9.55. The zero-order chi connectivity index (χ0) is 10.8. The van der Waals surface area contributed by atoms with Crippen molar-refractivity contribution in [1.29, 1.82) is 0 Å². The highest BCUT2D eigenvalue weighted by molar-refractivity contribution is 5.35. The van der Waals surface area contributed by atoms with Crippen molar-refractivity contribution in [2.45, 2.75) is 25.3 Å². The van der Waals surface area contributed by atoms with Gasteiger partial charge in [0.05, 0.1) is 6.20 Å². The van der Waals surface area contributed by atoms with E-state index in [2.05, 4.69) is 19.8 Å². The molecule has 2 heterocycles. The van der Waals surface area contributed by atoms with Crippen molar-refractivity contribution in [3.05, 3.63) is 18.6 Å². The van der Waals surface area contributed by atoms with Gasteiger partial charge in [-0.1, -0.05) is 0 Å². The van der Waals surface area contributed by atoms with Crippen molar-refractivity contribution >= 4 is 5.82 Å².